The van der Waals surface area contributed by atoms with Gasteiger partial charge in [-0.15, -0.1) is 5.10 Å². The number of piperidine rings is 1. The van der Waals surface area contributed by atoms with Gasteiger partial charge >= 0.3 is 0 Å². The first-order valence-corrected chi connectivity index (χ1v) is 9.82. The number of nitrogens with one attached hydrogen (secondary N) is 2. The van der Waals surface area contributed by atoms with Crippen LogP contribution in [0.25, 0.3) is 0 Å². The van der Waals surface area contributed by atoms with Crippen LogP contribution in [0.2, 0.25) is 0 Å². The molecule has 1 amide bonds. The third kappa shape index (κ3) is 4.28. The van der Waals surface area contributed by atoms with E-state index in [4.69, 9.17) is 0 Å². The Labute approximate surface area is 165 Å². The third-order valence-corrected chi connectivity index (χ3v) is 5.30. The van der Waals surface area contributed by atoms with Gasteiger partial charge in [-0.05, 0) is 37.1 Å². The molecule has 6 heteroatoms. The normalized spacial score (nSPS) is 14.9. The van der Waals surface area contributed by atoms with Crippen LogP contribution in [0, 0.1) is 0 Å². The monoisotopic (exact) mass is 375 g/mol. The number of nitrogens with zero attached hydrogens (tertiary/aromatic N) is 3. The average Bonchev–Trinajstić information content (AvgIpc) is 3.26. The molecule has 6 nitrogen and oxygen atoms in total. The van der Waals surface area contributed by atoms with Gasteiger partial charge in [-0.1, -0.05) is 65.9 Å². The molecule has 2 aromatic carbocycles. The van der Waals surface area contributed by atoms with Gasteiger partial charge in [0.1, 0.15) is 0 Å². The summed E-state index contributed by atoms with van der Waals surface area (Å²) in [4.78, 5) is 12.7. The summed E-state index contributed by atoms with van der Waals surface area (Å²) in [7, 11) is 0. The summed E-state index contributed by atoms with van der Waals surface area (Å²) in [6.07, 6.45) is 3.79. The maximum Gasteiger partial charge on any atom is 0.273 e. The van der Waals surface area contributed by atoms with Crippen molar-refractivity contribution in [2.24, 2.45) is 0 Å². The summed E-state index contributed by atoms with van der Waals surface area (Å²) in [5.74, 6) is -0.0946. The number of carbonyl (C=O) groups is 1. The summed E-state index contributed by atoms with van der Waals surface area (Å²) < 4.78 is 1.83. The molecule has 0 spiro atoms. The second kappa shape index (κ2) is 8.80. The van der Waals surface area contributed by atoms with E-state index in [2.05, 4.69) is 45.2 Å². The highest BCUT2D eigenvalue weighted by Gasteiger charge is 2.20. The molecule has 1 aromatic heterocycles. The summed E-state index contributed by atoms with van der Waals surface area (Å²) in [6, 6.07) is 20.8. The summed E-state index contributed by atoms with van der Waals surface area (Å²) in [6.45, 7) is 2.46. The number of hydrogen-bond donors (Lipinski definition) is 2. The van der Waals surface area contributed by atoms with E-state index in [9.17, 15) is 4.79 Å². The second-order valence-electron chi connectivity index (χ2n) is 7.15. The van der Waals surface area contributed by atoms with Crippen molar-refractivity contribution in [3.05, 3.63) is 83.7 Å². The highest BCUT2D eigenvalue weighted by Crippen LogP contribution is 2.24. The van der Waals surface area contributed by atoms with Crippen molar-refractivity contribution in [1.82, 2.24) is 25.6 Å². The van der Waals surface area contributed by atoms with Gasteiger partial charge in [0.25, 0.3) is 5.91 Å². The van der Waals surface area contributed by atoms with Gasteiger partial charge in [0.05, 0.1) is 12.2 Å². The Hall–Kier alpha value is -2.99. The SMILES string of the molecule is O=C(NCC(c1ccccc1)c1ccccc1)c1cn(C2CCNCC2)nn1. The predicted molar refractivity (Wildman–Crippen MR) is 108 cm³/mol. The lowest BCUT2D eigenvalue weighted by Gasteiger charge is -2.22. The Morgan fingerprint density at radius 2 is 1.64 bits per heavy atom. The lowest BCUT2D eigenvalue weighted by atomic mass is 9.91. The molecule has 4 rings (SSSR count). The molecule has 2 N–H and O–H groups in total. The fourth-order valence-electron chi connectivity index (χ4n) is 3.71. The Morgan fingerprint density at radius 3 is 2.25 bits per heavy atom. The minimum Gasteiger partial charge on any atom is -0.350 e. The highest BCUT2D eigenvalue weighted by atomic mass is 16.2. The second-order valence-corrected chi connectivity index (χ2v) is 7.15. The van der Waals surface area contributed by atoms with Crippen LogP contribution in [0.1, 0.15) is 46.4 Å². The largest absolute Gasteiger partial charge is 0.350 e. The standard InChI is InChI=1S/C22H25N5O/c28-22(21-16-27(26-25-21)19-11-13-23-14-12-19)24-15-20(17-7-3-1-4-8-17)18-9-5-2-6-10-18/h1-10,16,19-20,23H,11-15H2,(H,24,28). The fourth-order valence-corrected chi connectivity index (χ4v) is 3.71. The average molecular weight is 375 g/mol. The molecule has 1 aliphatic rings. The van der Waals surface area contributed by atoms with Crippen molar-refractivity contribution in [2.45, 2.75) is 24.8 Å². The summed E-state index contributed by atoms with van der Waals surface area (Å²) in [5.41, 5.74) is 2.72. The highest BCUT2D eigenvalue weighted by molar-refractivity contribution is 5.91. The Kier molecular flexibility index (Phi) is 5.77. The molecule has 0 aliphatic carbocycles. The van der Waals surface area contributed by atoms with E-state index in [1.807, 2.05) is 41.1 Å². The summed E-state index contributed by atoms with van der Waals surface area (Å²) in [5, 5.41) is 14.7. The number of benzene rings is 2. The van der Waals surface area contributed by atoms with Crippen molar-refractivity contribution in [1.29, 1.82) is 0 Å². The van der Waals surface area contributed by atoms with Crippen LogP contribution in [-0.2, 0) is 0 Å². The third-order valence-electron chi connectivity index (χ3n) is 5.30. The molecule has 28 heavy (non-hydrogen) atoms. The fraction of sp³-hybridized carbons (Fsp3) is 0.318. The quantitative estimate of drug-likeness (QED) is 0.695. The predicted octanol–water partition coefficient (Wildman–Crippen LogP) is 2.76. The smallest absolute Gasteiger partial charge is 0.273 e. The van der Waals surface area contributed by atoms with E-state index >= 15 is 0 Å². The first kappa shape index (κ1) is 18.4. The number of aromatic nitrogens is 3. The van der Waals surface area contributed by atoms with E-state index in [0.717, 1.165) is 25.9 Å². The zero-order valence-corrected chi connectivity index (χ0v) is 15.8. The maximum absolute atomic E-state index is 12.7. The van der Waals surface area contributed by atoms with Crippen molar-refractivity contribution >= 4 is 5.91 Å². The molecule has 3 aromatic rings. The van der Waals surface area contributed by atoms with Gasteiger partial charge in [0, 0.05) is 12.5 Å². The molecule has 0 unspecified atom stereocenters. The van der Waals surface area contributed by atoms with Crippen molar-refractivity contribution < 1.29 is 4.79 Å². The molecule has 1 aliphatic heterocycles. The van der Waals surface area contributed by atoms with E-state index < -0.39 is 0 Å². The zero-order chi connectivity index (χ0) is 19.2. The number of amides is 1. The minimum absolute atomic E-state index is 0.0887. The van der Waals surface area contributed by atoms with Gasteiger partial charge < -0.3 is 10.6 Å². The van der Waals surface area contributed by atoms with Crippen LogP contribution in [-0.4, -0.2) is 40.5 Å². The first-order chi connectivity index (χ1) is 13.8. The molecule has 0 saturated carbocycles. The molecule has 1 fully saturated rings. The Bertz CT molecular complexity index is 848. The van der Waals surface area contributed by atoms with E-state index in [-0.39, 0.29) is 11.8 Å². The maximum atomic E-state index is 12.7. The van der Waals surface area contributed by atoms with Crippen LogP contribution < -0.4 is 10.6 Å². The van der Waals surface area contributed by atoms with Crippen molar-refractivity contribution in [3.8, 4) is 0 Å². The molecule has 2 heterocycles. The van der Waals surface area contributed by atoms with Gasteiger partial charge in [-0.25, -0.2) is 4.68 Å². The molecule has 144 valence electrons. The van der Waals surface area contributed by atoms with Crippen LogP contribution >= 0.6 is 0 Å². The van der Waals surface area contributed by atoms with Crippen molar-refractivity contribution in [3.63, 3.8) is 0 Å². The van der Waals surface area contributed by atoms with E-state index in [0.29, 0.717) is 18.3 Å². The van der Waals surface area contributed by atoms with Gasteiger partial charge in [0.2, 0.25) is 0 Å². The molecular formula is C22H25N5O. The van der Waals surface area contributed by atoms with E-state index in [1.54, 1.807) is 6.20 Å². The number of rotatable bonds is 6. The minimum atomic E-state index is -0.183. The van der Waals surface area contributed by atoms with Gasteiger partial charge in [0.15, 0.2) is 5.69 Å². The van der Waals surface area contributed by atoms with Crippen LogP contribution in [0.15, 0.2) is 66.9 Å². The summed E-state index contributed by atoms with van der Waals surface area (Å²) >= 11 is 0. The lowest BCUT2D eigenvalue weighted by Crippen LogP contribution is -2.30. The first-order valence-electron chi connectivity index (χ1n) is 9.82. The molecule has 1 saturated heterocycles. The molecule has 0 atom stereocenters. The molecular weight excluding hydrogens is 350 g/mol. The lowest BCUT2D eigenvalue weighted by molar-refractivity contribution is 0.0947. The number of hydrogen-bond acceptors (Lipinski definition) is 4. The van der Waals surface area contributed by atoms with Gasteiger partial charge in [-0.3, -0.25) is 4.79 Å². The van der Waals surface area contributed by atoms with Crippen LogP contribution in [0.4, 0.5) is 0 Å². The van der Waals surface area contributed by atoms with Crippen LogP contribution in [0.5, 0.6) is 0 Å². The van der Waals surface area contributed by atoms with Gasteiger partial charge in [-0.2, -0.15) is 0 Å². The van der Waals surface area contributed by atoms with Crippen LogP contribution in [0.3, 0.4) is 0 Å². The molecule has 0 radical (unpaired) electrons. The Morgan fingerprint density at radius 1 is 1.04 bits per heavy atom. The number of carbonyl (C=O) groups excluding carboxylic acids is 1. The zero-order valence-electron chi connectivity index (χ0n) is 15.8. The van der Waals surface area contributed by atoms with E-state index in [1.165, 1.54) is 11.1 Å². The Balaban J connectivity index is 1.45. The molecule has 0 bridgehead atoms. The topological polar surface area (TPSA) is 71.8 Å². The van der Waals surface area contributed by atoms with Crippen molar-refractivity contribution in [2.75, 3.05) is 19.6 Å².